The molecule has 2 saturated carbocycles. The van der Waals surface area contributed by atoms with Gasteiger partial charge in [0.05, 0.1) is 6.10 Å². The van der Waals surface area contributed by atoms with E-state index in [1.54, 1.807) is 0 Å². The van der Waals surface area contributed by atoms with Crippen LogP contribution in [0.15, 0.2) is 0 Å². The number of ether oxygens (including phenoxy) is 1. The van der Waals surface area contributed by atoms with Gasteiger partial charge in [0.1, 0.15) is 0 Å². The molecule has 3 heteroatoms. The van der Waals surface area contributed by atoms with Gasteiger partial charge in [-0.2, -0.15) is 0 Å². The molecule has 0 amide bonds. The molecular formula is C18H34N2O. The van der Waals surface area contributed by atoms with E-state index in [1.807, 2.05) is 0 Å². The first-order valence-electron chi connectivity index (χ1n) is 9.32. The largest absolute Gasteiger partial charge is 0.378 e. The fourth-order valence-corrected chi connectivity index (χ4v) is 4.99. The van der Waals surface area contributed by atoms with Gasteiger partial charge < -0.3 is 15.0 Å². The third kappa shape index (κ3) is 3.30. The van der Waals surface area contributed by atoms with Gasteiger partial charge in [0.25, 0.3) is 0 Å². The Bertz CT molecular complexity index is 321. The van der Waals surface area contributed by atoms with Crippen LogP contribution >= 0.6 is 0 Å². The van der Waals surface area contributed by atoms with Gasteiger partial charge in [-0.15, -0.1) is 0 Å². The van der Waals surface area contributed by atoms with Crippen LogP contribution in [0.25, 0.3) is 0 Å². The lowest BCUT2D eigenvalue weighted by atomic mass is 9.60. The monoisotopic (exact) mass is 294 g/mol. The zero-order chi connectivity index (χ0) is 14.7. The maximum Gasteiger partial charge on any atom is 0.0661 e. The molecule has 3 rings (SSSR count). The Morgan fingerprint density at radius 2 is 1.90 bits per heavy atom. The van der Waals surface area contributed by atoms with Gasteiger partial charge in [0.2, 0.25) is 0 Å². The molecular weight excluding hydrogens is 260 g/mol. The van der Waals surface area contributed by atoms with Crippen molar-refractivity contribution in [1.29, 1.82) is 0 Å². The molecule has 3 unspecified atom stereocenters. The van der Waals surface area contributed by atoms with Crippen LogP contribution in [0.5, 0.6) is 0 Å². The quantitative estimate of drug-likeness (QED) is 0.781. The van der Waals surface area contributed by atoms with Gasteiger partial charge in [-0.05, 0) is 64.6 Å². The predicted octanol–water partition coefficient (Wildman–Crippen LogP) is 3.05. The maximum atomic E-state index is 6.01. The van der Waals surface area contributed by atoms with Crippen LogP contribution in [0.1, 0.15) is 58.8 Å². The van der Waals surface area contributed by atoms with Gasteiger partial charge in [-0.25, -0.2) is 0 Å². The Kier molecular flexibility index (Phi) is 5.23. The fourth-order valence-electron chi connectivity index (χ4n) is 4.99. The van der Waals surface area contributed by atoms with Crippen molar-refractivity contribution in [1.82, 2.24) is 10.2 Å². The highest BCUT2D eigenvalue weighted by Gasteiger charge is 2.56. The summed E-state index contributed by atoms with van der Waals surface area (Å²) in [4.78, 5) is 2.64. The zero-order valence-electron chi connectivity index (χ0n) is 14.1. The predicted molar refractivity (Wildman–Crippen MR) is 87.6 cm³/mol. The lowest BCUT2D eigenvalue weighted by Gasteiger charge is -2.54. The number of hydrogen-bond donors (Lipinski definition) is 1. The Morgan fingerprint density at radius 3 is 2.57 bits per heavy atom. The molecule has 1 spiro atoms. The van der Waals surface area contributed by atoms with Gasteiger partial charge >= 0.3 is 0 Å². The van der Waals surface area contributed by atoms with Crippen molar-refractivity contribution < 1.29 is 4.74 Å². The van der Waals surface area contributed by atoms with Crippen LogP contribution in [0.3, 0.4) is 0 Å². The van der Waals surface area contributed by atoms with E-state index in [-0.39, 0.29) is 0 Å². The first-order chi connectivity index (χ1) is 10.2. The summed E-state index contributed by atoms with van der Waals surface area (Å²) >= 11 is 0. The Balaban J connectivity index is 1.44. The normalized spacial score (nSPS) is 33.4. The summed E-state index contributed by atoms with van der Waals surface area (Å²) in [7, 11) is 0. The Morgan fingerprint density at radius 1 is 1.19 bits per heavy atom. The maximum absolute atomic E-state index is 6.01. The lowest BCUT2D eigenvalue weighted by Crippen LogP contribution is -2.63. The molecule has 3 nitrogen and oxygen atoms in total. The minimum atomic E-state index is 0.489. The highest BCUT2D eigenvalue weighted by atomic mass is 16.5. The van der Waals surface area contributed by atoms with E-state index in [0.717, 1.165) is 18.6 Å². The molecule has 2 aliphatic carbocycles. The van der Waals surface area contributed by atoms with Gasteiger partial charge in [0.15, 0.2) is 0 Å². The molecule has 3 atom stereocenters. The molecule has 0 aromatic rings. The van der Waals surface area contributed by atoms with Crippen LogP contribution in [0, 0.1) is 11.3 Å². The molecule has 3 aliphatic rings. The first-order valence-corrected chi connectivity index (χ1v) is 9.32. The van der Waals surface area contributed by atoms with E-state index in [0.29, 0.717) is 11.5 Å². The summed E-state index contributed by atoms with van der Waals surface area (Å²) < 4.78 is 6.01. The molecule has 1 saturated heterocycles. The molecule has 21 heavy (non-hydrogen) atoms. The summed E-state index contributed by atoms with van der Waals surface area (Å²) in [6.45, 7) is 10.5. The first kappa shape index (κ1) is 15.8. The molecule has 0 aromatic carbocycles. The van der Waals surface area contributed by atoms with Gasteiger partial charge in [-0.1, -0.05) is 19.8 Å². The average molecular weight is 294 g/mol. The number of likely N-dealkylation sites (tertiary alicyclic amines) is 1. The van der Waals surface area contributed by atoms with Crippen molar-refractivity contribution in [3.05, 3.63) is 0 Å². The fraction of sp³-hybridized carbons (Fsp3) is 1.00. The summed E-state index contributed by atoms with van der Waals surface area (Å²) in [5.41, 5.74) is 0.489. The summed E-state index contributed by atoms with van der Waals surface area (Å²) in [6.07, 6.45) is 10.2. The molecule has 122 valence electrons. The van der Waals surface area contributed by atoms with E-state index < -0.39 is 0 Å². The molecule has 1 heterocycles. The van der Waals surface area contributed by atoms with Crippen LogP contribution in [-0.2, 0) is 4.74 Å². The minimum absolute atomic E-state index is 0.489. The molecule has 1 N–H and O–H groups in total. The summed E-state index contributed by atoms with van der Waals surface area (Å²) in [5.74, 6) is 0.771. The molecule has 0 bridgehead atoms. The van der Waals surface area contributed by atoms with Crippen LogP contribution in [-0.4, -0.2) is 49.8 Å². The zero-order valence-corrected chi connectivity index (χ0v) is 14.1. The van der Waals surface area contributed by atoms with Crippen molar-refractivity contribution in [3.8, 4) is 0 Å². The third-order valence-electron chi connectivity index (χ3n) is 6.17. The second kappa shape index (κ2) is 6.97. The second-order valence-corrected chi connectivity index (χ2v) is 7.69. The molecule has 0 radical (unpaired) electrons. The summed E-state index contributed by atoms with van der Waals surface area (Å²) in [5, 5.41) is 3.91. The van der Waals surface area contributed by atoms with Crippen LogP contribution < -0.4 is 5.32 Å². The van der Waals surface area contributed by atoms with E-state index in [1.165, 1.54) is 71.1 Å². The van der Waals surface area contributed by atoms with Gasteiger partial charge in [0, 0.05) is 24.6 Å². The van der Waals surface area contributed by atoms with Crippen molar-refractivity contribution in [2.45, 2.75) is 70.9 Å². The number of rotatable bonds is 7. The van der Waals surface area contributed by atoms with Crippen molar-refractivity contribution in [2.75, 3.05) is 32.8 Å². The Hall–Kier alpha value is -0.120. The van der Waals surface area contributed by atoms with E-state index >= 15 is 0 Å². The van der Waals surface area contributed by atoms with E-state index in [9.17, 15) is 0 Å². The van der Waals surface area contributed by atoms with Crippen LogP contribution in [0.2, 0.25) is 0 Å². The third-order valence-corrected chi connectivity index (χ3v) is 6.17. The van der Waals surface area contributed by atoms with Crippen molar-refractivity contribution >= 4 is 0 Å². The van der Waals surface area contributed by atoms with E-state index in [2.05, 4.69) is 24.1 Å². The smallest absolute Gasteiger partial charge is 0.0661 e. The van der Waals surface area contributed by atoms with Crippen LogP contribution in [0.4, 0.5) is 0 Å². The molecule has 1 aliphatic heterocycles. The van der Waals surface area contributed by atoms with Crippen molar-refractivity contribution in [2.24, 2.45) is 11.3 Å². The minimum Gasteiger partial charge on any atom is -0.378 e. The van der Waals surface area contributed by atoms with Crippen molar-refractivity contribution in [3.63, 3.8) is 0 Å². The standard InChI is InChI=1S/C18H34N2O/c1-3-21-17-12-16(18(17)8-4-5-9-18)19-13-15(2)14-20-10-6-7-11-20/h15-17,19H,3-14H2,1-2H3. The summed E-state index contributed by atoms with van der Waals surface area (Å²) in [6, 6.07) is 0.720. The topological polar surface area (TPSA) is 24.5 Å². The van der Waals surface area contributed by atoms with Gasteiger partial charge in [-0.3, -0.25) is 0 Å². The average Bonchev–Trinajstić information content (AvgIpc) is 3.13. The molecule has 0 aromatic heterocycles. The Labute approximate surface area is 130 Å². The highest BCUT2D eigenvalue weighted by molar-refractivity contribution is 5.10. The highest BCUT2D eigenvalue weighted by Crippen LogP contribution is 2.54. The molecule has 3 fully saturated rings. The lowest BCUT2D eigenvalue weighted by molar-refractivity contribution is -0.130. The number of hydrogen-bond acceptors (Lipinski definition) is 3. The SMILES string of the molecule is CCOC1CC(NCC(C)CN2CCCC2)C12CCCC2. The number of nitrogens with one attached hydrogen (secondary N) is 1. The van der Waals surface area contributed by atoms with E-state index in [4.69, 9.17) is 4.74 Å². The second-order valence-electron chi connectivity index (χ2n) is 7.69. The number of nitrogens with zero attached hydrogens (tertiary/aromatic N) is 1.